The Balaban J connectivity index is 2.19. The number of aromatic nitrogens is 2. The molecule has 6 heteroatoms. The van der Waals surface area contributed by atoms with Crippen LogP contribution in [0.1, 0.15) is 16.1 Å². The van der Waals surface area contributed by atoms with Gasteiger partial charge >= 0.3 is 0 Å². The van der Waals surface area contributed by atoms with Crippen molar-refractivity contribution in [3.05, 3.63) is 41.6 Å². The fraction of sp³-hybridized carbons (Fsp3) is 0.231. The number of aryl methyl sites for hydroxylation is 1. The van der Waals surface area contributed by atoms with Crippen molar-refractivity contribution in [2.75, 3.05) is 17.7 Å². The topological polar surface area (TPSA) is 93.2 Å². The van der Waals surface area contributed by atoms with E-state index in [2.05, 4.69) is 10.4 Å². The lowest BCUT2D eigenvalue weighted by atomic mass is 10.2. The van der Waals surface area contributed by atoms with Gasteiger partial charge in [0.25, 0.3) is 5.91 Å². The van der Waals surface area contributed by atoms with E-state index in [9.17, 15) is 4.79 Å². The summed E-state index contributed by atoms with van der Waals surface area (Å²) in [5.74, 6) is 0.297. The van der Waals surface area contributed by atoms with E-state index in [4.69, 9.17) is 10.8 Å². The fourth-order valence-electron chi connectivity index (χ4n) is 1.78. The number of amides is 1. The van der Waals surface area contributed by atoms with Crippen LogP contribution in [0.4, 0.5) is 11.5 Å². The number of rotatable bonds is 4. The zero-order chi connectivity index (χ0) is 13.8. The smallest absolute Gasteiger partial charge is 0.256 e. The number of nitrogens with two attached hydrogens (primary N) is 1. The highest BCUT2D eigenvalue weighted by Gasteiger charge is 2.11. The first-order valence-corrected chi connectivity index (χ1v) is 5.92. The summed E-state index contributed by atoms with van der Waals surface area (Å²) in [6.07, 6.45) is 0. The predicted octanol–water partition coefficient (Wildman–Crippen LogP) is 1.02. The van der Waals surface area contributed by atoms with Gasteiger partial charge in [0.05, 0.1) is 18.8 Å². The Bertz CT molecular complexity index is 592. The van der Waals surface area contributed by atoms with Crippen molar-refractivity contribution >= 4 is 17.4 Å². The monoisotopic (exact) mass is 260 g/mol. The van der Waals surface area contributed by atoms with Crippen LogP contribution in [-0.4, -0.2) is 27.4 Å². The van der Waals surface area contributed by atoms with Gasteiger partial charge in [-0.25, -0.2) is 4.68 Å². The van der Waals surface area contributed by atoms with Crippen molar-refractivity contribution in [2.24, 2.45) is 0 Å². The fourth-order valence-corrected chi connectivity index (χ4v) is 1.78. The number of aliphatic hydroxyl groups is 1. The number of nitrogens with zero attached hydrogens (tertiary/aromatic N) is 2. The molecule has 0 aliphatic carbocycles. The van der Waals surface area contributed by atoms with Gasteiger partial charge in [-0.05, 0) is 25.1 Å². The number of anilines is 2. The summed E-state index contributed by atoms with van der Waals surface area (Å²) in [5, 5.41) is 15.9. The lowest BCUT2D eigenvalue weighted by molar-refractivity contribution is 0.102. The largest absolute Gasteiger partial charge is 0.399 e. The van der Waals surface area contributed by atoms with E-state index in [0.717, 1.165) is 5.69 Å². The zero-order valence-electron chi connectivity index (χ0n) is 10.6. The maximum Gasteiger partial charge on any atom is 0.256 e. The molecule has 4 N–H and O–H groups in total. The van der Waals surface area contributed by atoms with Gasteiger partial charge in [-0.15, -0.1) is 0 Å². The van der Waals surface area contributed by atoms with E-state index in [1.807, 2.05) is 6.92 Å². The molecule has 0 spiro atoms. The van der Waals surface area contributed by atoms with Crippen LogP contribution in [0.5, 0.6) is 0 Å². The molecule has 19 heavy (non-hydrogen) atoms. The minimum atomic E-state index is -0.258. The Morgan fingerprint density at radius 2 is 2.26 bits per heavy atom. The summed E-state index contributed by atoms with van der Waals surface area (Å²) >= 11 is 0. The predicted molar refractivity (Wildman–Crippen MR) is 72.9 cm³/mol. The molecule has 0 bridgehead atoms. The molecule has 0 radical (unpaired) electrons. The van der Waals surface area contributed by atoms with E-state index < -0.39 is 0 Å². The molecule has 6 nitrogen and oxygen atoms in total. The van der Waals surface area contributed by atoms with Crippen LogP contribution >= 0.6 is 0 Å². The lowest BCUT2D eigenvalue weighted by Crippen LogP contribution is -2.16. The third kappa shape index (κ3) is 3.11. The van der Waals surface area contributed by atoms with Crippen molar-refractivity contribution in [3.8, 4) is 0 Å². The van der Waals surface area contributed by atoms with Gasteiger partial charge in [0.2, 0.25) is 0 Å². The number of hydrogen-bond donors (Lipinski definition) is 3. The van der Waals surface area contributed by atoms with Gasteiger partial charge in [-0.1, -0.05) is 6.07 Å². The van der Waals surface area contributed by atoms with Gasteiger partial charge in [-0.3, -0.25) is 4.79 Å². The van der Waals surface area contributed by atoms with Crippen LogP contribution < -0.4 is 11.1 Å². The molecule has 1 aromatic carbocycles. The summed E-state index contributed by atoms with van der Waals surface area (Å²) in [7, 11) is 0. The molecular weight excluding hydrogens is 244 g/mol. The molecule has 0 atom stereocenters. The van der Waals surface area contributed by atoms with Gasteiger partial charge in [0.1, 0.15) is 5.82 Å². The van der Waals surface area contributed by atoms with Gasteiger partial charge < -0.3 is 16.2 Å². The third-order valence-corrected chi connectivity index (χ3v) is 2.60. The molecule has 1 heterocycles. The first kappa shape index (κ1) is 13.1. The minimum absolute atomic E-state index is 0.0394. The van der Waals surface area contributed by atoms with Crippen LogP contribution in [0.15, 0.2) is 30.3 Å². The molecule has 100 valence electrons. The maximum atomic E-state index is 12.1. The third-order valence-electron chi connectivity index (χ3n) is 2.60. The van der Waals surface area contributed by atoms with Gasteiger partial charge in [0.15, 0.2) is 0 Å². The number of nitrogen functional groups attached to an aromatic ring is 1. The summed E-state index contributed by atoms with van der Waals surface area (Å²) < 4.78 is 1.56. The number of carbonyl (C=O) groups excluding carboxylic acids is 1. The second-order valence-electron chi connectivity index (χ2n) is 4.20. The van der Waals surface area contributed by atoms with E-state index >= 15 is 0 Å². The van der Waals surface area contributed by atoms with Crippen molar-refractivity contribution < 1.29 is 9.90 Å². The number of benzene rings is 1. The minimum Gasteiger partial charge on any atom is -0.399 e. The van der Waals surface area contributed by atoms with Crippen molar-refractivity contribution in [1.82, 2.24) is 9.78 Å². The lowest BCUT2D eigenvalue weighted by Gasteiger charge is -2.08. The van der Waals surface area contributed by atoms with Crippen LogP contribution in [0.3, 0.4) is 0 Å². The Kier molecular flexibility index (Phi) is 3.82. The average molecular weight is 260 g/mol. The van der Waals surface area contributed by atoms with E-state index in [1.54, 1.807) is 35.0 Å². The van der Waals surface area contributed by atoms with E-state index in [1.165, 1.54) is 0 Å². The number of carbonyl (C=O) groups is 1. The van der Waals surface area contributed by atoms with Crippen molar-refractivity contribution in [1.29, 1.82) is 0 Å². The van der Waals surface area contributed by atoms with Gasteiger partial charge in [0, 0.05) is 17.3 Å². The zero-order valence-corrected chi connectivity index (χ0v) is 10.6. The second-order valence-corrected chi connectivity index (χ2v) is 4.20. The highest BCUT2D eigenvalue weighted by Crippen LogP contribution is 2.13. The van der Waals surface area contributed by atoms with Crippen molar-refractivity contribution in [2.45, 2.75) is 13.5 Å². The molecule has 1 amide bonds. The number of hydrogen-bond acceptors (Lipinski definition) is 4. The van der Waals surface area contributed by atoms with Crippen LogP contribution in [0.25, 0.3) is 0 Å². The number of aliphatic hydroxyl groups excluding tert-OH is 1. The molecule has 0 saturated heterocycles. The van der Waals surface area contributed by atoms with Crippen LogP contribution in [0, 0.1) is 6.92 Å². The molecule has 0 aliphatic rings. The first-order chi connectivity index (χ1) is 9.10. The summed E-state index contributed by atoms with van der Waals surface area (Å²) in [6, 6.07) is 8.48. The summed E-state index contributed by atoms with van der Waals surface area (Å²) in [6.45, 7) is 2.12. The maximum absolute atomic E-state index is 12.1. The summed E-state index contributed by atoms with van der Waals surface area (Å²) in [5.41, 5.74) is 7.43. The van der Waals surface area contributed by atoms with E-state index in [0.29, 0.717) is 23.6 Å². The average Bonchev–Trinajstić information content (AvgIpc) is 2.70. The Morgan fingerprint density at radius 1 is 1.47 bits per heavy atom. The highest BCUT2D eigenvalue weighted by molar-refractivity contribution is 6.04. The molecule has 0 fully saturated rings. The van der Waals surface area contributed by atoms with Gasteiger partial charge in [-0.2, -0.15) is 5.10 Å². The van der Waals surface area contributed by atoms with Crippen LogP contribution in [0.2, 0.25) is 0 Å². The molecule has 0 aliphatic heterocycles. The standard InChI is InChI=1S/C13H16N4O2/c1-9-7-12(17(16-9)5-6-18)15-13(19)10-3-2-4-11(14)8-10/h2-4,7-8,18H,5-6,14H2,1H3,(H,15,19). The quantitative estimate of drug-likeness (QED) is 0.715. The normalized spacial score (nSPS) is 10.4. The Morgan fingerprint density at radius 3 is 2.95 bits per heavy atom. The first-order valence-electron chi connectivity index (χ1n) is 5.92. The molecule has 2 rings (SSSR count). The highest BCUT2D eigenvalue weighted by atomic mass is 16.3. The Labute approximate surface area is 110 Å². The van der Waals surface area contributed by atoms with Crippen molar-refractivity contribution in [3.63, 3.8) is 0 Å². The second kappa shape index (κ2) is 5.53. The SMILES string of the molecule is Cc1cc(NC(=O)c2cccc(N)c2)n(CCO)n1. The van der Waals surface area contributed by atoms with Crippen LogP contribution in [-0.2, 0) is 6.54 Å². The number of nitrogens with one attached hydrogen (secondary N) is 1. The molecule has 0 unspecified atom stereocenters. The summed E-state index contributed by atoms with van der Waals surface area (Å²) in [4.78, 5) is 12.1. The molecule has 0 saturated carbocycles. The Hall–Kier alpha value is -2.34. The molecular formula is C13H16N4O2. The van der Waals surface area contributed by atoms with E-state index in [-0.39, 0.29) is 12.5 Å². The molecule has 1 aromatic heterocycles. The molecule has 2 aromatic rings.